The van der Waals surface area contributed by atoms with Gasteiger partial charge in [-0.25, -0.2) is 0 Å². The zero-order valence-corrected chi connectivity index (χ0v) is 11.3. The molecule has 0 saturated carbocycles. The molecule has 0 fully saturated rings. The molecule has 2 aromatic rings. The highest BCUT2D eigenvalue weighted by Gasteiger charge is 2.35. The maximum absolute atomic E-state index is 12.7. The molecule has 1 aromatic heterocycles. The first-order valence-corrected chi connectivity index (χ1v) is 7.01. The molecule has 1 heterocycles. The summed E-state index contributed by atoms with van der Waals surface area (Å²) in [4.78, 5) is 16.0. The van der Waals surface area contributed by atoms with E-state index in [1.54, 1.807) is 0 Å². The van der Waals surface area contributed by atoms with E-state index >= 15 is 0 Å². The van der Waals surface area contributed by atoms with Crippen LogP contribution < -0.4 is 0 Å². The van der Waals surface area contributed by atoms with Crippen LogP contribution in [-0.4, -0.2) is 10.8 Å². The van der Waals surface area contributed by atoms with Gasteiger partial charge in [-0.3, -0.25) is 4.79 Å². The Bertz CT molecular complexity index is 638. The van der Waals surface area contributed by atoms with Crippen molar-refractivity contribution in [2.24, 2.45) is 11.8 Å². The van der Waals surface area contributed by atoms with Gasteiger partial charge in [-0.05, 0) is 30.4 Å². The van der Waals surface area contributed by atoms with E-state index in [4.69, 9.17) is 0 Å². The number of aromatic nitrogens is 1. The summed E-state index contributed by atoms with van der Waals surface area (Å²) in [6.07, 6.45) is 4.70. The minimum Gasteiger partial charge on any atom is -0.352 e. The molecular formula is C17H19NO. The van der Waals surface area contributed by atoms with Gasteiger partial charge in [0.2, 0.25) is 0 Å². The van der Waals surface area contributed by atoms with Crippen molar-refractivity contribution in [1.29, 1.82) is 0 Å². The lowest BCUT2D eigenvalue weighted by molar-refractivity contribution is 0.0846. The lowest BCUT2D eigenvalue weighted by Gasteiger charge is -2.29. The van der Waals surface area contributed by atoms with Crippen molar-refractivity contribution in [3.63, 3.8) is 0 Å². The molecule has 2 nitrogen and oxygen atoms in total. The van der Waals surface area contributed by atoms with Crippen LogP contribution in [0.15, 0.2) is 36.9 Å². The van der Waals surface area contributed by atoms with E-state index in [9.17, 15) is 4.79 Å². The molecule has 1 N–H and O–H groups in total. The zero-order chi connectivity index (χ0) is 13.4. The summed E-state index contributed by atoms with van der Waals surface area (Å²) in [6.45, 7) is 5.97. The van der Waals surface area contributed by atoms with E-state index in [-0.39, 0.29) is 11.7 Å². The standard InChI is InChI=1S/C17H19NO/c1-3-7-12-11(4-2)10-14-13-8-5-6-9-15(13)18-16(14)17(12)19/h3,5-6,8-9,11-12,18H,1,4,7,10H2,2H3/t11-,12+/m1/s1. The summed E-state index contributed by atoms with van der Waals surface area (Å²) in [7, 11) is 0. The molecule has 1 aliphatic carbocycles. The van der Waals surface area contributed by atoms with Crippen LogP contribution in [0.3, 0.4) is 0 Å². The van der Waals surface area contributed by atoms with Crippen LogP contribution in [0.25, 0.3) is 10.9 Å². The van der Waals surface area contributed by atoms with Crippen LogP contribution in [0.2, 0.25) is 0 Å². The topological polar surface area (TPSA) is 32.9 Å². The largest absolute Gasteiger partial charge is 0.352 e. The minimum absolute atomic E-state index is 0.100. The van der Waals surface area contributed by atoms with Crippen LogP contribution >= 0.6 is 0 Å². The van der Waals surface area contributed by atoms with Gasteiger partial charge in [0.25, 0.3) is 0 Å². The van der Waals surface area contributed by atoms with Crippen molar-refractivity contribution >= 4 is 16.7 Å². The van der Waals surface area contributed by atoms with Crippen LogP contribution in [-0.2, 0) is 6.42 Å². The van der Waals surface area contributed by atoms with Crippen molar-refractivity contribution < 1.29 is 4.79 Å². The maximum Gasteiger partial charge on any atom is 0.182 e. The first kappa shape index (κ1) is 12.2. The number of benzene rings is 1. The Morgan fingerprint density at radius 3 is 2.95 bits per heavy atom. The van der Waals surface area contributed by atoms with Crippen molar-refractivity contribution in [1.82, 2.24) is 4.98 Å². The molecule has 0 spiro atoms. The fraction of sp³-hybridized carbons (Fsp3) is 0.353. The average Bonchev–Trinajstić information content (AvgIpc) is 2.81. The Morgan fingerprint density at radius 2 is 2.21 bits per heavy atom. The lowest BCUT2D eigenvalue weighted by atomic mass is 9.74. The Kier molecular flexibility index (Phi) is 3.02. The number of Topliss-reactive ketones (excluding diaryl/α,β-unsaturated/α-hetero) is 1. The zero-order valence-electron chi connectivity index (χ0n) is 11.3. The van der Waals surface area contributed by atoms with Crippen LogP contribution in [0.5, 0.6) is 0 Å². The molecule has 2 heteroatoms. The van der Waals surface area contributed by atoms with Crippen molar-refractivity contribution in [3.8, 4) is 0 Å². The number of carbonyl (C=O) groups excluding carboxylic acids is 1. The SMILES string of the molecule is C=CC[C@@H]1C(=O)c2[nH]c3ccccc3c2C[C@H]1CC. The molecular weight excluding hydrogens is 234 g/mol. The third-order valence-corrected chi connectivity index (χ3v) is 4.38. The van der Waals surface area contributed by atoms with Gasteiger partial charge in [0.1, 0.15) is 0 Å². The first-order chi connectivity index (χ1) is 9.26. The summed E-state index contributed by atoms with van der Waals surface area (Å²) in [6, 6.07) is 8.20. The molecule has 0 radical (unpaired) electrons. The molecule has 19 heavy (non-hydrogen) atoms. The Labute approximate surface area is 113 Å². The highest BCUT2D eigenvalue weighted by Crippen LogP contribution is 2.37. The van der Waals surface area contributed by atoms with E-state index in [1.807, 2.05) is 24.3 Å². The quantitative estimate of drug-likeness (QED) is 0.820. The smallest absolute Gasteiger partial charge is 0.182 e. The second-order valence-corrected chi connectivity index (χ2v) is 5.39. The number of aromatic amines is 1. The highest BCUT2D eigenvalue weighted by molar-refractivity contribution is 6.04. The maximum atomic E-state index is 12.7. The predicted molar refractivity (Wildman–Crippen MR) is 78.4 cm³/mol. The Balaban J connectivity index is 2.14. The third kappa shape index (κ3) is 1.83. The van der Waals surface area contributed by atoms with E-state index in [1.165, 1.54) is 10.9 Å². The molecule has 0 bridgehead atoms. The van der Waals surface area contributed by atoms with E-state index in [2.05, 4.69) is 24.6 Å². The van der Waals surface area contributed by atoms with Gasteiger partial charge < -0.3 is 4.98 Å². The molecule has 0 saturated heterocycles. The predicted octanol–water partition coefficient (Wildman–Crippen LogP) is 4.13. The minimum atomic E-state index is 0.100. The Morgan fingerprint density at radius 1 is 1.42 bits per heavy atom. The van der Waals surface area contributed by atoms with Gasteiger partial charge in [-0.1, -0.05) is 37.6 Å². The van der Waals surface area contributed by atoms with Gasteiger partial charge in [0.05, 0.1) is 5.69 Å². The van der Waals surface area contributed by atoms with Gasteiger partial charge in [-0.15, -0.1) is 6.58 Å². The van der Waals surface area contributed by atoms with Crippen molar-refractivity contribution in [3.05, 3.63) is 48.2 Å². The molecule has 0 unspecified atom stereocenters. The van der Waals surface area contributed by atoms with E-state index < -0.39 is 0 Å². The summed E-state index contributed by atoms with van der Waals surface area (Å²) in [5, 5.41) is 1.21. The highest BCUT2D eigenvalue weighted by atomic mass is 16.1. The molecule has 0 amide bonds. The summed E-state index contributed by atoms with van der Waals surface area (Å²) in [5.41, 5.74) is 3.13. The normalized spacial score (nSPS) is 22.5. The second kappa shape index (κ2) is 4.69. The number of ketones is 1. The molecule has 2 atom stereocenters. The number of hydrogen-bond donors (Lipinski definition) is 1. The number of nitrogens with one attached hydrogen (secondary N) is 1. The number of carbonyl (C=O) groups is 1. The monoisotopic (exact) mass is 253 g/mol. The van der Waals surface area contributed by atoms with Crippen molar-refractivity contribution in [2.75, 3.05) is 0 Å². The van der Waals surface area contributed by atoms with Gasteiger partial charge in [0.15, 0.2) is 5.78 Å². The average molecular weight is 253 g/mol. The number of para-hydroxylation sites is 1. The van der Waals surface area contributed by atoms with Crippen molar-refractivity contribution in [2.45, 2.75) is 26.2 Å². The first-order valence-electron chi connectivity index (χ1n) is 7.01. The molecule has 1 aliphatic rings. The van der Waals surface area contributed by atoms with Gasteiger partial charge in [-0.2, -0.15) is 0 Å². The summed E-state index contributed by atoms with van der Waals surface area (Å²) < 4.78 is 0. The number of rotatable bonds is 3. The van der Waals surface area contributed by atoms with E-state index in [0.29, 0.717) is 5.92 Å². The molecule has 3 rings (SSSR count). The second-order valence-electron chi connectivity index (χ2n) is 5.39. The van der Waals surface area contributed by atoms with Gasteiger partial charge >= 0.3 is 0 Å². The van der Waals surface area contributed by atoms with Gasteiger partial charge in [0, 0.05) is 16.8 Å². The molecule has 98 valence electrons. The fourth-order valence-corrected chi connectivity index (χ4v) is 3.33. The number of hydrogen-bond acceptors (Lipinski definition) is 1. The molecule has 0 aliphatic heterocycles. The summed E-state index contributed by atoms with van der Waals surface area (Å²) in [5.74, 6) is 0.810. The van der Waals surface area contributed by atoms with Crippen LogP contribution in [0, 0.1) is 11.8 Å². The number of fused-ring (bicyclic) bond motifs is 3. The Hall–Kier alpha value is -1.83. The van der Waals surface area contributed by atoms with Crippen LogP contribution in [0.4, 0.5) is 0 Å². The fourth-order valence-electron chi connectivity index (χ4n) is 3.33. The summed E-state index contributed by atoms with van der Waals surface area (Å²) >= 11 is 0. The lowest BCUT2D eigenvalue weighted by Crippen LogP contribution is -2.30. The third-order valence-electron chi connectivity index (χ3n) is 4.38. The van der Waals surface area contributed by atoms with E-state index in [0.717, 1.165) is 30.5 Å². The van der Waals surface area contributed by atoms with Crippen LogP contribution in [0.1, 0.15) is 35.8 Å². The number of H-pyrrole nitrogens is 1. The molecule has 1 aromatic carbocycles. The number of allylic oxidation sites excluding steroid dienone is 1.